The molecule has 136 valence electrons. The highest BCUT2D eigenvalue weighted by Crippen LogP contribution is 2.63. The first-order valence-corrected chi connectivity index (χ1v) is 9.99. The van der Waals surface area contributed by atoms with Crippen molar-refractivity contribution >= 4 is 13.3 Å². The monoisotopic (exact) mass is 363 g/mol. The molecule has 5 nitrogen and oxygen atoms in total. The molecular weight excluding hydrogens is 337 g/mol. The Morgan fingerprint density at radius 3 is 1.92 bits per heavy atom. The Kier molecular flexibility index (Phi) is 6.65. The van der Waals surface area contributed by atoms with E-state index < -0.39 is 13.4 Å². The van der Waals surface area contributed by atoms with Crippen LogP contribution < -0.4 is 5.32 Å². The molecule has 1 atom stereocenters. The van der Waals surface area contributed by atoms with Gasteiger partial charge in [-0.2, -0.15) is 0 Å². The van der Waals surface area contributed by atoms with E-state index in [0.717, 1.165) is 5.69 Å². The molecule has 0 radical (unpaired) electrons. The van der Waals surface area contributed by atoms with Gasteiger partial charge in [-0.25, -0.2) is 0 Å². The van der Waals surface area contributed by atoms with Gasteiger partial charge in [-0.15, -0.1) is 0 Å². The van der Waals surface area contributed by atoms with E-state index in [9.17, 15) is 9.67 Å². The van der Waals surface area contributed by atoms with E-state index in [0.29, 0.717) is 5.56 Å². The second-order valence-corrected chi connectivity index (χ2v) is 8.34. The van der Waals surface area contributed by atoms with Crippen molar-refractivity contribution in [2.24, 2.45) is 0 Å². The van der Waals surface area contributed by atoms with E-state index in [1.165, 1.54) is 0 Å². The molecule has 0 spiro atoms. The second kappa shape index (κ2) is 8.52. The minimum Gasteiger partial charge on any atom is -0.508 e. The summed E-state index contributed by atoms with van der Waals surface area (Å²) < 4.78 is 25.2. The van der Waals surface area contributed by atoms with Gasteiger partial charge >= 0.3 is 7.60 Å². The van der Waals surface area contributed by atoms with Crippen LogP contribution in [-0.2, 0) is 13.6 Å². The maximum Gasteiger partial charge on any atom is 0.357 e. The van der Waals surface area contributed by atoms with Gasteiger partial charge in [0.1, 0.15) is 5.75 Å². The summed E-state index contributed by atoms with van der Waals surface area (Å²) in [6.07, 6.45) is -0.592. The van der Waals surface area contributed by atoms with Crippen LogP contribution in [0.25, 0.3) is 0 Å². The SMILES string of the molecule is CC(C)OP(=O)(OC(C)C)C(Nc1ccccc1)c1ccccc1O. The summed E-state index contributed by atoms with van der Waals surface area (Å²) >= 11 is 0. The number of phenolic OH excluding ortho intramolecular Hbond substituents is 1. The molecule has 2 rings (SSSR count). The van der Waals surface area contributed by atoms with Crippen LogP contribution >= 0.6 is 7.60 Å². The smallest absolute Gasteiger partial charge is 0.357 e. The van der Waals surface area contributed by atoms with Crippen molar-refractivity contribution in [1.82, 2.24) is 0 Å². The van der Waals surface area contributed by atoms with Crippen LogP contribution in [0.3, 0.4) is 0 Å². The average Bonchev–Trinajstić information content (AvgIpc) is 2.53. The van der Waals surface area contributed by atoms with Crippen LogP contribution in [0.15, 0.2) is 54.6 Å². The third kappa shape index (κ3) is 5.33. The number of phenols is 1. The fourth-order valence-electron chi connectivity index (χ4n) is 2.47. The molecule has 6 heteroatoms. The lowest BCUT2D eigenvalue weighted by atomic mass is 10.2. The lowest BCUT2D eigenvalue weighted by Crippen LogP contribution is -2.19. The van der Waals surface area contributed by atoms with E-state index in [1.807, 2.05) is 30.3 Å². The third-order valence-electron chi connectivity index (χ3n) is 3.34. The number of nitrogens with one attached hydrogen (secondary N) is 1. The third-order valence-corrected chi connectivity index (χ3v) is 5.81. The predicted octanol–water partition coefficient (Wildman–Crippen LogP) is 5.55. The Balaban J connectivity index is 2.51. The largest absolute Gasteiger partial charge is 0.508 e. The number of anilines is 1. The first-order chi connectivity index (χ1) is 11.8. The van der Waals surface area contributed by atoms with Crippen molar-refractivity contribution in [1.29, 1.82) is 0 Å². The van der Waals surface area contributed by atoms with Gasteiger partial charge < -0.3 is 19.5 Å². The molecule has 0 saturated carbocycles. The van der Waals surface area contributed by atoms with Crippen LogP contribution in [0.4, 0.5) is 5.69 Å². The Morgan fingerprint density at radius 1 is 0.880 bits per heavy atom. The standard InChI is InChI=1S/C19H26NO4P/c1-14(2)23-25(22,24-15(3)4)19(17-12-8-9-13-18(17)21)20-16-10-6-5-7-11-16/h5-15,19-21H,1-4H3. The number of benzene rings is 2. The topological polar surface area (TPSA) is 67.8 Å². The van der Waals surface area contributed by atoms with Crippen molar-refractivity contribution in [3.63, 3.8) is 0 Å². The molecule has 0 bridgehead atoms. The highest BCUT2D eigenvalue weighted by atomic mass is 31.2. The zero-order chi connectivity index (χ0) is 18.4. The van der Waals surface area contributed by atoms with Gasteiger partial charge in [0.2, 0.25) is 0 Å². The summed E-state index contributed by atoms with van der Waals surface area (Å²) in [6.45, 7) is 7.23. The van der Waals surface area contributed by atoms with Crippen LogP contribution in [0.1, 0.15) is 39.0 Å². The van der Waals surface area contributed by atoms with Gasteiger partial charge in [-0.05, 0) is 45.9 Å². The van der Waals surface area contributed by atoms with E-state index in [-0.39, 0.29) is 18.0 Å². The molecule has 0 aromatic heterocycles. The molecule has 2 aromatic rings. The summed E-state index contributed by atoms with van der Waals surface area (Å²) in [7, 11) is -3.63. The molecule has 2 N–H and O–H groups in total. The fourth-order valence-corrected chi connectivity index (χ4v) is 4.81. The minimum atomic E-state index is -3.63. The number of aromatic hydroxyl groups is 1. The zero-order valence-electron chi connectivity index (χ0n) is 15.0. The van der Waals surface area contributed by atoms with Gasteiger partial charge in [0.15, 0.2) is 5.78 Å². The summed E-state index contributed by atoms with van der Waals surface area (Å²) in [4.78, 5) is 0. The van der Waals surface area contributed by atoms with Crippen LogP contribution in [-0.4, -0.2) is 17.3 Å². The highest BCUT2D eigenvalue weighted by Gasteiger charge is 2.40. The molecule has 0 heterocycles. The first kappa shape index (κ1) is 19.5. The van der Waals surface area contributed by atoms with E-state index in [4.69, 9.17) is 9.05 Å². The van der Waals surface area contributed by atoms with Crippen molar-refractivity contribution in [2.75, 3.05) is 5.32 Å². The van der Waals surface area contributed by atoms with Gasteiger partial charge in [0.05, 0.1) is 12.2 Å². The van der Waals surface area contributed by atoms with Crippen molar-refractivity contribution in [2.45, 2.75) is 45.7 Å². The Bertz CT molecular complexity index is 704. The molecule has 1 unspecified atom stereocenters. The lowest BCUT2D eigenvalue weighted by molar-refractivity contribution is 0.137. The Hall–Kier alpha value is -1.81. The molecule has 25 heavy (non-hydrogen) atoms. The van der Waals surface area contributed by atoms with Gasteiger partial charge in [0, 0.05) is 11.3 Å². The number of rotatable bonds is 8. The molecular formula is C19H26NO4P. The summed E-state index contributed by atoms with van der Waals surface area (Å²) in [5, 5.41) is 13.5. The quantitative estimate of drug-likeness (QED) is 0.602. The number of hydrogen-bond acceptors (Lipinski definition) is 5. The number of hydrogen-bond donors (Lipinski definition) is 2. The number of para-hydroxylation sites is 2. The Labute approximate surface area is 149 Å². The molecule has 0 fully saturated rings. The normalized spacial score (nSPS) is 13.2. The summed E-state index contributed by atoms with van der Waals surface area (Å²) in [6, 6.07) is 16.2. The molecule has 0 aliphatic heterocycles. The zero-order valence-corrected chi connectivity index (χ0v) is 15.9. The van der Waals surface area contributed by atoms with E-state index >= 15 is 0 Å². The van der Waals surface area contributed by atoms with Gasteiger partial charge in [-0.1, -0.05) is 36.4 Å². The second-order valence-electron chi connectivity index (χ2n) is 6.32. The van der Waals surface area contributed by atoms with Crippen LogP contribution in [0, 0.1) is 0 Å². The summed E-state index contributed by atoms with van der Waals surface area (Å²) in [5.74, 6) is -0.795. The maximum atomic E-state index is 13.7. The maximum absolute atomic E-state index is 13.7. The highest BCUT2D eigenvalue weighted by molar-refractivity contribution is 7.54. The van der Waals surface area contributed by atoms with E-state index in [2.05, 4.69) is 5.32 Å². The van der Waals surface area contributed by atoms with Crippen molar-refractivity contribution in [3.05, 3.63) is 60.2 Å². The molecule has 0 amide bonds. The van der Waals surface area contributed by atoms with Crippen molar-refractivity contribution in [3.8, 4) is 5.75 Å². The lowest BCUT2D eigenvalue weighted by Gasteiger charge is -2.31. The van der Waals surface area contributed by atoms with Crippen LogP contribution in [0.5, 0.6) is 5.75 Å². The first-order valence-electron chi connectivity index (χ1n) is 8.38. The molecule has 2 aromatic carbocycles. The minimum absolute atomic E-state index is 0.0378. The molecule has 0 aliphatic rings. The Morgan fingerprint density at radius 2 is 1.40 bits per heavy atom. The average molecular weight is 363 g/mol. The molecule has 0 saturated heterocycles. The summed E-state index contributed by atoms with van der Waals surface area (Å²) in [5.41, 5.74) is 1.23. The van der Waals surface area contributed by atoms with Gasteiger partial charge in [-0.3, -0.25) is 4.57 Å². The molecule has 0 aliphatic carbocycles. The van der Waals surface area contributed by atoms with Gasteiger partial charge in [0.25, 0.3) is 0 Å². The van der Waals surface area contributed by atoms with E-state index in [1.54, 1.807) is 52.0 Å². The van der Waals surface area contributed by atoms with Crippen molar-refractivity contribution < 1.29 is 18.7 Å². The fraction of sp³-hybridized carbons (Fsp3) is 0.368. The van der Waals surface area contributed by atoms with Crippen LogP contribution in [0.2, 0.25) is 0 Å². The predicted molar refractivity (Wildman–Crippen MR) is 101 cm³/mol.